The zero-order chi connectivity index (χ0) is 8.43. The molecule has 0 aromatic rings. The molecule has 0 saturated carbocycles. The van der Waals surface area contributed by atoms with Gasteiger partial charge in [0, 0.05) is 12.1 Å². The third-order valence-corrected chi connectivity index (χ3v) is 2.11. The molecule has 1 aliphatic heterocycles. The Hall–Kier alpha value is -0.790. The summed E-state index contributed by atoms with van der Waals surface area (Å²) in [6.45, 7) is 6.23. The number of hydrogen-bond acceptors (Lipinski definition) is 1. The third kappa shape index (κ3) is 1.82. The van der Waals surface area contributed by atoms with E-state index in [0.717, 1.165) is 12.1 Å². The van der Waals surface area contributed by atoms with E-state index in [1.807, 2.05) is 13.8 Å². The van der Waals surface area contributed by atoms with Crippen LogP contribution in [0, 0.1) is 5.92 Å². The SMILES string of the molecule is CC(C)=C1NC(=O)CCC1C. The monoisotopic (exact) mass is 153 g/mol. The van der Waals surface area contributed by atoms with Crippen molar-refractivity contribution >= 4 is 5.91 Å². The van der Waals surface area contributed by atoms with Crippen molar-refractivity contribution in [2.75, 3.05) is 0 Å². The predicted molar refractivity (Wildman–Crippen MR) is 44.9 cm³/mol. The molecule has 11 heavy (non-hydrogen) atoms. The standard InChI is InChI=1S/C9H15NO/c1-6(2)9-7(3)4-5-8(11)10-9/h7H,4-5H2,1-3H3,(H,10,11). The van der Waals surface area contributed by atoms with Gasteiger partial charge in [-0.15, -0.1) is 0 Å². The normalized spacial score (nSPS) is 24.8. The van der Waals surface area contributed by atoms with Crippen molar-refractivity contribution < 1.29 is 4.79 Å². The van der Waals surface area contributed by atoms with Gasteiger partial charge in [0.25, 0.3) is 0 Å². The van der Waals surface area contributed by atoms with Gasteiger partial charge >= 0.3 is 0 Å². The summed E-state index contributed by atoms with van der Waals surface area (Å²) in [5.41, 5.74) is 2.35. The molecule has 0 spiro atoms. The summed E-state index contributed by atoms with van der Waals surface area (Å²) in [4.78, 5) is 11.0. The van der Waals surface area contributed by atoms with Crippen LogP contribution in [-0.2, 0) is 4.79 Å². The number of amides is 1. The molecule has 0 bridgehead atoms. The number of carbonyl (C=O) groups is 1. The van der Waals surface area contributed by atoms with Crippen molar-refractivity contribution in [3.8, 4) is 0 Å². The molecule has 0 aromatic heterocycles. The lowest BCUT2D eigenvalue weighted by Gasteiger charge is -2.23. The Morgan fingerprint density at radius 1 is 1.55 bits per heavy atom. The van der Waals surface area contributed by atoms with Crippen molar-refractivity contribution in [1.82, 2.24) is 5.32 Å². The molecule has 2 nitrogen and oxygen atoms in total. The van der Waals surface area contributed by atoms with Gasteiger partial charge in [-0.05, 0) is 26.2 Å². The van der Waals surface area contributed by atoms with Crippen LogP contribution in [0.3, 0.4) is 0 Å². The highest BCUT2D eigenvalue weighted by atomic mass is 16.1. The molecular weight excluding hydrogens is 138 g/mol. The number of nitrogens with one attached hydrogen (secondary N) is 1. The van der Waals surface area contributed by atoms with Gasteiger partial charge < -0.3 is 5.32 Å². The molecule has 1 heterocycles. The maximum absolute atomic E-state index is 11.0. The fourth-order valence-electron chi connectivity index (χ4n) is 1.45. The van der Waals surface area contributed by atoms with Gasteiger partial charge in [-0.3, -0.25) is 4.79 Å². The van der Waals surface area contributed by atoms with E-state index in [4.69, 9.17) is 0 Å². The average molecular weight is 153 g/mol. The highest BCUT2D eigenvalue weighted by Gasteiger charge is 2.19. The number of rotatable bonds is 0. The Morgan fingerprint density at radius 2 is 2.18 bits per heavy atom. The number of piperidine rings is 1. The molecule has 62 valence electrons. The van der Waals surface area contributed by atoms with Gasteiger partial charge in [0.1, 0.15) is 0 Å². The predicted octanol–water partition coefficient (Wildman–Crippen LogP) is 1.83. The molecule has 0 aromatic carbocycles. The Labute approximate surface area is 67.7 Å². The number of carbonyl (C=O) groups excluding carboxylic acids is 1. The summed E-state index contributed by atoms with van der Waals surface area (Å²) in [5.74, 6) is 0.692. The zero-order valence-electron chi connectivity index (χ0n) is 7.40. The molecule has 0 aliphatic carbocycles. The fourth-order valence-corrected chi connectivity index (χ4v) is 1.45. The first kappa shape index (κ1) is 8.31. The lowest BCUT2D eigenvalue weighted by atomic mass is 9.94. The van der Waals surface area contributed by atoms with Crippen molar-refractivity contribution in [3.63, 3.8) is 0 Å². The smallest absolute Gasteiger partial charge is 0.224 e. The van der Waals surface area contributed by atoms with Crippen LogP contribution in [0.5, 0.6) is 0 Å². The molecule has 1 N–H and O–H groups in total. The largest absolute Gasteiger partial charge is 0.330 e. The first-order valence-corrected chi connectivity index (χ1v) is 4.08. The second-order valence-electron chi connectivity index (χ2n) is 3.40. The highest BCUT2D eigenvalue weighted by Crippen LogP contribution is 2.21. The molecule has 1 rings (SSSR count). The van der Waals surface area contributed by atoms with Crippen LogP contribution in [-0.4, -0.2) is 5.91 Å². The molecule has 1 saturated heterocycles. The highest BCUT2D eigenvalue weighted by molar-refractivity contribution is 5.79. The first-order valence-electron chi connectivity index (χ1n) is 4.08. The van der Waals surface area contributed by atoms with Crippen LogP contribution >= 0.6 is 0 Å². The Morgan fingerprint density at radius 3 is 2.64 bits per heavy atom. The minimum atomic E-state index is 0.166. The average Bonchev–Trinajstić information content (AvgIpc) is 1.94. The summed E-state index contributed by atoms with van der Waals surface area (Å²) >= 11 is 0. The summed E-state index contributed by atoms with van der Waals surface area (Å²) < 4.78 is 0. The van der Waals surface area contributed by atoms with Crippen LogP contribution in [0.2, 0.25) is 0 Å². The van der Waals surface area contributed by atoms with E-state index in [9.17, 15) is 4.79 Å². The van der Waals surface area contributed by atoms with Gasteiger partial charge in [-0.25, -0.2) is 0 Å². The Balaban J connectivity index is 2.78. The van der Waals surface area contributed by atoms with Crippen LogP contribution in [0.4, 0.5) is 0 Å². The molecule has 2 heteroatoms. The van der Waals surface area contributed by atoms with Crippen molar-refractivity contribution in [1.29, 1.82) is 0 Å². The minimum absolute atomic E-state index is 0.166. The molecule has 1 fully saturated rings. The topological polar surface area (TPSA) is 29.1 Å². The summed E-state index contributed by atoms with van der Waals surface area (Å²) in [5, 5.41) is 2.91. The van der Waals surface area contributed by atoms with E-state index in [0.29, 0.717) is 12.3 Å². The van der Waals surface area contributed by atoms with Crippen molar-refractivity contribution in [2.24, 2.45) is 5.92 Å². The lowest BCUT2D eigenvalue weighted by Crippen LogP contribution is -2.32. The van der Waals surface area contributed by atoms with Gasteiger partial charge in [-0.2, -0.15) is 0 Å². The second-order valence-corrected chi connectivity index (χ2v) is 3.40. The van der Waals surface area contributed by atoms with E-state index in [1.165, 1.54) is 5.57 Å². The van der Waals surface area contributed by atoms with Crippen molar-refractivity contribution in [2.45, 2.75) is 33.6 Å². The molecule has 1 aliphatic rings. The quantitative estimate of drug-likeness (QED) is 0.565. The molecule has 1 atom stereocenters. The van der Waals surface area contributed by atoms with Gasteiger partial charge in [0.05, 0.1) is 0 Å². The van der Waals surface area contributed by atoms with E-state index in [2.05, 4.69) is 12.2 Å². The van der Waals surface area contributed by atoms with Gasteiger partial charge in [0.15, 0.2) is 0 Å². The van der Waals surface area contributed by atoms with E-state index in [-0.39, 0.29) is 5.91 Å². The summed E-state index contributed by atoms with van der Waals surface area (Å²) in [7, 11) is 0. The molecule has 1 amide bonds. The number of allylic oxidation sites excluding steroid dienone is 2. The van der Waals surface area contributed by atoms with Crippen LogP contribution in [0.15, 0.2) is 11.3 Å². The van der Waals surface area contributed by atoms with E-state index >= 15 is 0 Å². The Kier molecular flexibility index (Phi) is 2.32. The van der Waals surface area contributed by atoms with Gasteiger partial charge in [0.2, 0.25) is 5.91 Å². The summed E-state index contributed by atoms with van der Waals surface area (Å²) in [6.07, 6.45) is 1.67. The zero-order valence-corrected chi connectivity index (χ0v) is 7.40. The molecule has 0 radical (unpaired) electrons. The minimum Gasteiger partial charge on any atom is -0.330 e. The van der Waals surface area contributed by atoms with Crippen LogP contribution < -0.4 is 5.32 Å². The van der Waals surface area contributed by atoms with E-state index < -0.39 is 0 Å². The lowest BCUT2D eigenvalue weighted by molar-refractivity contribution is -0.121. The summed E-state index contributed by atoms with van der Waals surface area (Å²) in [6, 6.07) is 0. The molecular formula is C9H15NO. The Bertz CT molecular complexity index is 202. The van der Waals surface area contributed by atoms with E-state index in [1.54, 1.807) is 0 Å². The fraction of sp³-hybridized carbons (Fsp3) is 0.667. The van der Waals surface area contributed by atoms with Crippen LogP contribution in [0.25, 0.3) is 0 Å². The molecule has 1 unspecified atom stereocenters. The first-order chi connectivity index (χ1) is 5.11. The second kappa shape index (κ2) is 3.07. The third-order valence-electron chi connectivity index (χ3n) is 2.11. The van der Waals surface area contributed by atoms with Crippen molar-refractivity contribution in [3.05, 3.63) is 11.3 Å². The maximum Gasteiger partial charge on any atom is 0.224 e. The van der Waals surface area contributed by atoms with Gasteiger partial charge in [-0.1, -0.05) is 12.5 Å². The number of hydrogen-bond donors (Lipinski definition) is 1. The van der Waals surface area contributed by atoms with Crippen LogP contribution in [0.1, 0.15) is 33.6 Å². The maximum atomic E-state index is 11.0.